The van der Waals surface area contributed by atoms with Crippen molar-refractivity contribution in [2.45, 2.75) is 39.2 Å². The molecule has 0 aliphatic carbocycles. The SMILES string of the molecule is CC(C)N1CCN(C(=O)[C@H]2CCCN(C(=O)Cc3ccc(F)cc3)C2)CC1. The molecule has 0 saturated carbocycles. The molecule has 27 heavy (non-hydrogen) atoms. The van der Waals surface area contributed by atoms with Crippen LogP contribution in [0.5, 0.6) is 0 Å². The molecule has 1 aromatic rings. The molecule has 2 fully saturated rings. The molecule has 0 N–H and O–H groups in total. The lowest BCUT2D eigenvalue weighted by Crippen LogP contribution is -2.54. The first-order valence-electron chi connectivity index (χ1n) is 9.99. The number of amides is 2. The van der Waals surface area contributed by atoms with Gasteiger partial charge in [0.15, 0.2) is 0 Å². The molecule has 6 heteroatoms. The molecule has 0 unspecified atom stereocenters. The fourth-order valence-corrected chi connectivity index (χ4v) is 4.01. The highest BCUT2D eigenvalue weighted by Crippen LogP contribution is 2.21. The molecular weight excluding hydrogens is 345 g/mol. The molecule has 2 heterocycles. The summed E-state index contributed by atoms with van der Waals surface area (Å²) in [4.78, 5) is 31.7. The van der Waals surface area contributed by atoms with Gasteiger partial charge in [0.25, 0.3) is 0 Å². The predicted octanol–water partition coefficient (Wildman–Crippen LogP) is 2.16. The standard InChI is InChI=1S/C21H30FN3O2/c1-16(2)23-10-12-24(13-11-23)21(27)18-4-3-9-25(15-18)20(26)14-17-5-7-19(22)8-6-17/h5-8,16,18H,3-4,9-15H2,1-2H3/t18-/m0/s1. The van der Waals surface area contributed by atoms with E-state index < -0.39 is 0 Å². The Kier molecular flexibility index (Phi) is 6.47. The monoisotopic (exact) mass is 375 g/mol. The molecule has 2 saturated heterocycles. The van der Waals surface area contributed by atoms with Gasteiger partial charge in [0.05, 0.1) is 12.3 Å². The van der Waals surface area contributed by atoms with Gasteiger partial charge in [-0.1, -0.05) is 12.1 Å². The van der Waals surface area contributed by atoms with Crippen molar-refractivity contribution in [3.63, 3.8) is 0 Å². The molecule has 3 rings (SSSR count). The number of halogens is 1. The normalized spacial score (nSPS) is 21.6. The Morgan fingerprint density at radius 3 is 2.33 bits per heavy atom. The fraction of sp³-hybridized carbons (Fsp3) is 0.619. The lowest BCUT2D eigenvalue weighted by atomic mass is 9.95. The van der Waals surface area contributed by atoms with E-state index in [1.165, 1.54) is 12.1 Å². The van der Waals surface area contributed by atoms with Gasteiger partial charge >= 0.3 is 0 Å². The molecule has 0 spiro atoms. The number of carbonyl (C=O) groups excluding carboxylic acids is 2. The number of hydrogen-bond donors (Lipinski definition) is 0. The van der Waals surface area contributed by atoms with Crippen molar-refractivity contribution in [2.75, 3.05) is 39.3 Å². The van der Waals surface area contributed by atoms with Crippen LogP contribution in [0.1, 0.15) is 32.3 Å². The molecule has 0 aromatic heterocycles. The molecule has 0 radical (unpaired) electrons. The minimum Gasteiger partial charge on any atom is -0.342 e. The average Bonchev–Trinajstić information content (AvgIpc) is 2.69. The Balaban J connectivity index is 1.53. The number of benzene rings is 1. The van der Waals surface area contributed by atoms with Gasteiger partial charge < -0.3 is 9.80 Å². The second kappa shape index (κ2) is 8.83. The lowest BCUT2D eigenvalue weighted by molar-refractivity contribution is -0.142. The summed E-state index contributed by atoms with van der Waals surface area (Å²) in [5, 5.41) is 0. The zero-order valence-corrected chi connectivity index (χ0v) is 16.4. The summed E-state index contributed by atoms with van der Waals surface area (Å²) >= 11 is 0. The largest absolute Gasteiger partial charge is 0.342 e. The lowest BCUT2D eigenvalue weighted by Gasteiger charge is -2.40. The van der Waals surface area contributed by atoms with E-state index in [1.807, 2.05) is 4.90 Å². The maximum atomic E-state index is 13.0. The van der Waals surface area contributed by atoms with Crippen LogP contribution in [0.4, 0.5) is 4.39 Å². The summed E-state index contributed by atoms with van der Waals surface area (Å²) < 4.78 is 13.0. The second-order valence-electron chi connectivity index (χ2n) is 7.94. The zero-order valence-electron chi connectivity index (χ0n) is 16.4. The second-order valence-corrected chi connectivity index (χ2v) is 7.94. The third-order valence-electron chi connectivity index (χ3n) is 5.75. The fourth-order valence-electron chi connectivity index (χ4n) is 4.01. The van der Waals surface area contributed by atoms with Crippen molar-refractivity contribution in [1.82, 2.24) is 14.7 Å². The summed E-state index contributed by atoms with van der Waals surface area (Å²) in [6.07, 6.45) is 1.97. The maximum absolute atomic E-state index is 13.0. The summed E-state index contributed by atoms with van der Waals surface area (Å²) in [5.74, 6) is -0.185. The van der Waals surface area contributed by atoms with Gasteiger partial charge in [-0.05, 0) is 44.4 Å². The van der Waals surface area contributed by atoms with Gasteiger partial charge in [0.2, 0.25) is 11.8 Å². The van der Waals surface area contributed by atoms with E-state index in [0.29, 0.717) is 19.1 Å². The number of likely N-dealkylation sites (tertiary alicyclic amines) is 1. The van der Waals surface area contributed by atoms with E-state index in [4.69, 9.17) is 0 Å². The van der Waals surface area contributed by atoms with E-state index in [2.05, 4.69) is 18.7 Å². The Morgan fingerprint density at radius 2 is 1.70 bits per heavy atom. The van der Waals surface area contributed by atoms with Gasteiger partial charge in [-0.2, -0.15) is 0 Å². The average molecular weight is 375 g/mol. The first-order valence-corrected chi connectivity index (χ1v) is 9.99. The highest BCUT2D eigenvalue weighted by Gasteiger charge is 2.32. The Hall–Kier alpha value is -1.95. The minimum atomic E-state index is -0.299. The van der Waals surface area contributed by atoms with Crippen LogP contribution in [0.2, 0.25) is 0 Å². The number of carbonyl (C=O) groups is 2. The first-order chi connectivity index (χ1) is 12.9. The van der Waals surface area contributed by atoms with Crippen molar-refractivity contribution >= 4 is 11.8 Å². The van der Waals surface area contributed by atoms with E-state index in [-0.39, 0.29) is 30.0 Å². The van der Waals surface area contributed by atoms with Crippen LogP contribution < -0.4 is 0 Å². The van der Waals surface area contributed by atoms with Crippen LogP contribution >= 0.6 is 0 Å². The molecule has 148 valence electrons. The van der Waals surface area contributed by atoms with Gasteiger partial charge in [0.1, 0.15) is 5.82 Å². The van der Waals surface area contributed by atoms with Gasteiger partial charge in [0, 0.05) is 45.3 Å². The first kappa shape index (κ1) is 19.8. The van der Waals surface area contributed by atoms with Crippen molar-refractivity contribution in [3.8, 4) is 0 Å². The van der Waals surface area contributed by atoms with Crippen LogP contribution in [-0.4, -0.2) is 71.8 Å². The van der Waals surface area contributed by atoms with Crippen molar-refractivity contribution in [1.29, 1.82) is 0 Å². The zero-order chi connectivity index (χ0) is 19.4. The topological polar surface area (TPSA) is 43.9 Å². The van der Waals surface area contributed by atoms with Crippen LogP contribution in [0, 0.1) is 11.7 Å². The van der Waals surface area contributed by atoms with Crippen molar-refractivity contribution in [2.24, 2.45) is 5.92 Å². The number of hydrogen-bond acceptors (Lipinski definition) is 3. The molecule has 1 atom stereocenters. The quantitative estimate of drug-likeness (QED) is 0.810. The van der Waals surface area contributed by atoms with Crippen LogP contribution in [0.25, 0.3) is 0 Å². The van der Waals surface area contributed by atoms with Gasteiger partial charge in [-0.25, -0.2) is 4.39 Å². The van der Waals surface area contributed by atoms with E-state index in [1.54, 1.807) is 17.0 Å². The maximum Gasteiger partial charge on any atom is 0.227 e. The minimum absolute atomic E-state index is 0.0173. The van der Waals surface area contributed by atoms with Crippen molar-refractivity contribution < 1.29 is 14.0 Å². The summed E-state index contributed by atoms with van der Waals surface area (Å²) in [5.41, 5.74) is 0.805. The van der Waals surface area contributed by atoms with E-state index >= 15 is 0 Å². The molecule has 1 aromatic carbocycles. The smallest absolute Gasteiger partial charge is 0.227 e. The van der Waals surface area contributed by atoms with Gasteiger partial charge in [-0.15, -0.1) is 0 Å². The third-order valence-corrected chi connectivity index (χ3v) is 5.75. The predicted molar refractivity (Wildman–Crippen MR) is 103 cm³/mol. The number of piperazine rings is 1. The summed E-state index contributed by atoms with van der Waals surface area (Å²) in [7, 11) is 0. The summed E-state index contributed by atoms with van der Waals surface area (Å²) in [6.45, 7) is 8.96. The Bertz CT molecular complexity index is 654. The number of rotatable bonds is 4. The number of piperidine rings is 1. The summed E-state index contributed by atoms with van der Waals surface area (Å²) in [6, 6.07) is 6.56. The molecule has 0 bridgehead atoms. The molecule has 2 amide bonds. The van der Waals surface area contributed by atoms with E-state index in [9.17, 15) is 14.0 Å². The molecule has 2 aliphatic heterocycles. The van der Waals surface area contributed by atoms with Crippen LogP contribution in [-0.2, 0) is 16.0 Å². The number of nitrogens with zero attached hydrogens (tertiary/aromatic N) is 3. The van der Waals surface area contributed by atoms with Gasteiger partial charge in [-0.3, -0.25) is 14.5 Å². The van der Waals surface area contributed by atoms with Crippen LogP contribution in [0.15, 0.2) is 24.3 Å². The molecular formula is C21H30FN3O2. The van der Waals surface area contributed by atoms with Crippen LogP contribution in [0.3, 0.4) is 0 Å². The van der Waals surface area contributed by atoms with Crippen molar-refractivity contribution in [3.05, 3.63) is 35.6 Å². The highest BCUT2D eigenvalue weighted by molar-refractivity contribution is 5.82. The highest BCUT2D eigenvalue weighted by atomic mass is 19.1. The Labute approximate surface area is 161 Å². The van der Waals surface area contributed by atoms with E-state index in [0.717, 1.165) is 44.6 Å². The molecule has 2 aliphatic rings. The molecule has 5 nitrogen and oxygen atoms in total. The Morgan fingerprint density at radius 1 is 1.04 bits per heavy atom. The third kappa shape index (κ3) is 5.06.